The number of carbonyl (C=O) groups excluding carboxylic acids is 1. The van der Waals surface area contributed by atoms with Crippen LogP contribution in [0.25, 0.3) is 0 Å². The predicted octanol–water partition coefficient (Wildman–Crippen LogP) is 0.0690. The molecule has 2 aliphatic rings. The van der Waals surface area contributed by atoms with Crippen LogP contribution in [-0.4, -0.2) is 93.1 Å². The highest BCUT2D eigenvalue weighted by atomic mass is 16.1. The van der Waals surface area contributed by atoms with E-state index >= 15 is 0 Å². The number of piperazine rings is 2. The van der Waals surface area contributed by atoms with Crippen molar-refractivity contribution in [1.29, 1.82) is 0 Å². The van der Waals surface area contributed by atoms with Gasteiger partial charge in [-0.25, -0.2) is 0 Å². The minimum Gasteiger partial charge on any atom is -0.351 e. The van der Waals surface area contributed by atoms with Crippen molar-refractivity contribution in [3.8, 4) is 0 Å². The molecule has 1 aromatic rings. The molecule has 138 valence electrons. The fourth-order valence-corrected chi connectivity index (χ4v) is 3.44. The lowest BCUT2D eigenvalue weighted by atomic mass is 10.1. The van der Waals surface area contributed by atoms with Gasteiger partial charge in [-0.3, -0.25) is 14.6 Å². The zero-order valence-electron chi connectivity index (χ0n) is 15.3. The molecule has 6 heteroatoms. The second kappa shape index (κ2) is 9.29. The Bertz CT molecular complexity index is 551. The third-order valence-corrected chi connectivity index (χ3v) is 5.11. The normalized spacial score (nSPS) is 20.5. The van der Waals surface area contributed by atoms with Crippen LogP contribution in [0.1, 0.15) is 15.9 Å². The number of nitrogens with one attached hydrogen (secondary N) is 2. The lowest BCUT2D eigenvalue weighted by Gasteiger charge is -2.32. The Morgan fingerprint density at radius 1 is 1.08 bits per heavy atom. The quantitative estimate of drug-likeness (QED) is 0.764. The van der Waals surface area contributed by atoms with E-state index in [1.54, 1.807) is 0 Å². The maximum atomic E-state index is 12.4. The molecular formula is C19H31N5O. The first-order valence-electron chi connectivity index (χ1n) is 9.42. The average Bonchev–Trinajstić information content (AvgIpc) is 2.65. The van der Waals surface area contributed by atoms with E-state index in [9.17, 15) is 4.79 Å². The summed E-state index contributed by atoms with van der Waals surface area (Å²) in [6.07, 6.45) is 0. The van der Waals surface area contributed by atoms with E-state index in [1.807, 2.05) is 18.2 Å². The van der Waals surface area contributed by atoms with Crippen LogP contribution < -0.4 is 10.6 Å². The standard InChI is InChI=1S/C19H31N5O/c1-22-11-13-24(14-12-22)16-17-3-2-4-18(15-17)19(25)21-7-10-23-8-5-20-6-9-23/h2-4,15,20H,5-14,16H2,1H3,(H,21,25). The van der Waals surface area contributed by atoms with E-state index in [0.29, 0.717) is 6.54 Å². The Balaban J connectivity index is 1.45. The summed E-state index contributed by atoms with van der Waals surface area (Å²) in [5, 5.41) is 6.41. The topological polar surface area (TPSA) is 50.9 Å². The van der Waals surface area contributed by atoms with Crippen molar-refractivity contribution in [1.82, 2.24) is 25.3 Å². The van der Waals surface area contributed by atoms with Crippen LogP contribution in [0.5, 0.6) is 0 Å². The van der Waals surface area contributed by atoms with Gasteiger partial charge in [0, 0.05) is 77.6 Å². The summed E-state index contributed by atoms with van der Waals surface area (Å²) in [6.45, 7) is 11.2. The van der Waals surface area contributed by atoms with Crippen LogP contribution >= 0.6 is 0 Å². The zero-order chi connectivity index (χ0) is 17.5. The van der Waals surface area contributed by atoms with Gasteiger partial charge in [-0.1, -0.05) is 12.1 Å². The Labute approximate surface area is 151 Å². The summed E-state index contributed by atoms with van der Waals surface area (Å²) < 4.78 is 0. The predicted molar refractivity (Wildman–Crippen MR) is 101 cm³/mol. The lowest BCUT2D eigenvalue weighted by Crippen LogP contribution is -2.46. The van der Waals surface area contributed by atoms with E-state index in [-0.39, 0.29) is 5.91 Å². The van der Waals surface area contributed by atoms with Gasteiger partial charge in [-0.2, -0.15) is 0 Å². The van der Waals surface area contributed by atoms with E-state index in [4.69, 9.17) is 0 Å². The Morgan fingerprint density at radius 2 is 1.84 bits per heavy atom. The van der Waals surface area contributed by atoms with Gasteiger partial charge in [0.25, 0.3) is 5.91 Å². The Hall–Kier alpha value is -1.47. The Morgan fingerprint density at radius 3 is 2.60 bits per heavy atom. The van der Waals surface area contributed by atoms with Gasteiger partial charge in [-0.15, -0.1) is 0 Å². The molecule has 0 atom stereocenters. The van der Waals surface area contributed by atoms with Gasteiger partial charge in [0.15, 0.2) is 0 Å². The third kappa shape index (κ3) is 5.78. The third-order valence-electron chi connectivity index (χ3n) is 5.11. The molecule has 0 aliphatic carbocycles. The monoisotopic (exact) mass is 345 g/mol. The van der Waals surface area contributed by atoms with Crippen LogP contribution in [0.4, 0.5) is 0 Å². The SMILES string of the molecule is CN1CCN(Cc2cccc(C(=O)NCCN3CCNCC3)c2)CC1. The Kier molecular flexibility index (Phi) is 6.81. The van der Waals surface area contributed by atoms with Gasteiger partial charge >= 0.3 is 0 Å². The van der Waals surface area contributed by atoms with Gasteiger partial charge in [0.2, 0.25) is 0 Å². The van der Waals surface area contributed by atoms with Crippen molar-refractivity contribution in [3.63, 3.8) is 0 Å². The van der Waals surface area contributed by atoms with Gasteiger partial charge in [0.05, 0.1) is 0 Å². The number of carbonyl (C=O) groups is 1. The molecule has 2 fully saturated rings. The van der Waals surface area contributed by atoms with Crippen molar-refractivity contribution in [2.24, 2.45) is 0 Å². The van der Waals surface area contributed by atoms with E-state index in [0.717, 1.165) is 71.0 Å². The largest absolute Gasteiger partial charge is 0.351 e. The van der Waals surface area contributed by atoms with Crippen LogP contribution in [0, 0.1) is 0 Å². The summed E-state index contributed by atoms with van der Waals surface area (Å²) in [5.74, 6) is 0.0374. The first-order valence-corrected chi connectivity index (χ1v) is 9.42. The average molecular weight is 345 g/mol. The molecule has 1 aromatic carbocycles. The smallest absolute Gasteiger partial charge is 0.251 e. The molecule has 0 aromatic heterocycles. The van der Waals surface area contributed by atoms with Gasteiger partial charge in [-0.05, 0) is 24.7 Å². The molecule has 25 heavy (non-hydrogen) atoms. The molecule has 1 amide bonds. The molecule has 0 unspecified atom stereocenters. The fraction of sp³-hybridized carbons (Fsp3) is 0.632. The zero-order valence-corrected chi connectivity index (χ0v) is 15.3. The highest BCUT2D eigenvalue weighted by molar-refractivity contribution is 5.94. The number of likely N-dealkylation sites (N-methyl/N-ethyl adjacent to an activating group) is 1. The minimum atomic E-state index is 0.0374. The fourth-order valence-electron chi connectivity index (χ4n) is 3.44. The second-order valence-corrected chi connectivity index (χ2v) is 7.13. The maximum absolute atomic E-state index is 12.4. The van der Waals surface area contributed by atoms with Crippen molar-refractivity contribution in [2.45, 2.75) is 6.54 Å². The molecule has 0 saturated carbocycles. The minimum absolute atomic E-state index is 0.0374. The molecule has 3 rings (SSSR count). The van der Waals surface area contributed by atoms with Crippen molar-refractivity contribution in [3.05, 3.63) is 35.4 Å². The number of hydrogen-bond acceptors (Lipinski definition) is 5. The highest BCUT2D eigenvalue weighted by Crippen LogP contribution is 2.10. The number of hydrogen-bond donors (Lipinski definition) is 2. The number of benzene rings is 1. The van der Waals surface area contributed by atoms with E-state index in [1.165, 1.54) is 5.56 Å². The molecule has 2 aliphatic heterocycles. The maximum Gasteiger partial charge on any atom is 0.251 e. The highest BCUT2D eigenvalue weighted by Gasteiger charge is 2.15. The van der Waals surface area contributed by atoms with E-state index < -0.39 is 0 Å². The molecule has 0 bridgehead atoms. The van der Waals surface area contributed by atoms with Crippen LogP contribution in [-0.2, 0) is 6.54 Å². The van der Waals surface area contributed by atoms with Crippen molar-refractivity contribution >= 4 is 5.91 Å². The number of nitrogens with zero attached hydrogens (tertiary/aromatic N) is 3. The summed E-state index contributed by atoms with van der Waals surface area (Å²) in [7, 11) is 2.17. The lowest BCUT2D eigenvalue weighted by molar-refractivity contribution is 0.0947. The molecule has 2 N–H and O–H groups in total. The summed E-state index contributed by atoms with van der Waals surface area (Å²) >= 11 is 0. The van der Waals surface area contributed by atoms with Gasteiger partial charge in [0.1, 0.15) is 0 Å². The van der Waals surface area contributed by atoms with E-state index in [2.05, 4.69) is 38.4 Å². The number of rotatable bonds is 6. The molecular weight excluding hydrogens is 314 g/mol. The first kappa shape index (κ1) is 18.3. The first-order chi connectivity index (χ1) is 12.2. The summed E-state index contributed by atoms with van der Waals surface area (Å²) in [5.41, 5.74) is 1.99. The van der Waals surface area contributed by atoms with Crippen molar-refractivity contribution in [2.75, 3.05) is 72.5 Å². The van der Waals surface area contributed by atoms with Crippen LogP contribution in [0.3, 0.4) is 0 Å². The summed E-state index contributed by atoms with van der Waals surface area (Å²) in [6, 6.07) is 8.07. The van der Waals surface area contributed by atoms with Crippen molar-refractivity contribution < 1.29 is 4.79 Å². The molecule has 0 radical (unpaired) electrons. The van der Waals surface area contributed by atoms with Gasteiger partial charge < -0.3 is 15.5 Å². The summed E-state index contributed by atoms with van der Waals surface area (Å²) in [4.78, 5) is 19.6. The van der Waals surface area contributed by atoms with Crippen LogP contribution in [0.15, 0.2) is 24.3 Å². The molecule has 6 nitrogen and oxygen atoms in total. The van der Waals surface area contributed by atoms with Crippen LogP contribution in [0.2, 0.25) is 0 Å². The molecule has 2 saturated heterocycles. The molecule has 0 spiro atoms. The molecule has 2 heterocycles. The number of amides is 1. The second-order valence-electron chi connectivity index (χ2n) is 7.13.